The lowest BCUT2D eigenvalue weighted by Gasteiger charge is -2.33. The monoisotopic (exact) mass is 324 g/mol. The van der Waals surface area contributed by atoms with Gasteiger partial charge >= 0.3 is 0 Å². The summed E-state index contributed by atoms with van der Waals surface area (Å²) < 4.78 is 13.0. The van der Waals surface area contributed by atoms with Crippen LogP contribution in [0.1, 0.15) is 24.8 Å². The van der Waals surface area contributed by atoms with Crippen LogP contribution in [0.15, 0.2) is 30.3 Å². The number of aliphatic hydroxyl groups is 2. The molecule has 1 aliphatic heterocycles. The van der Waals surface area contributed by atoms with E-state index in [9.17, 15) is 19.4 Å². The van der Waals surface area contributed by atoms with Crippen molar-refractivity contribution < 1.29 is 19.4 Å². The molecule has 1 aromatic carbocycles. The first-order chi connectivity index (χ1) is 11.0. The van der Waals surface area contributed by atoms with Gasteiger partial charge in [0.25, 0.3) is 0 Å². The number of aryl methyl sites for hydroxylation is 1. The number of carbonyl (C=O) groups is 1. The Kier molecular flexibility index (Phi) is 6.10. The minimum Gasteiger partial charge on any atom is -0.389 e. The summed E-state index contributed by atoms with van der Waals surface area (Å²) >= 11 is 0. The second-order valence-corrected chi connectivity index (χ2v) is 6.19. The second-order valence-electron chi connectivity index (χ2n) is 6.19. The van der Waals surface area contributed by atoms with Crippen molar-refractivity contribution in [3.8, 4) is 0 Å². The summed E-state index contributed by atoms with van der Waals surface area (Å²) in [6.07, 6.45) is -0.382. The van der Waals surface area contributed by atoms with E-state index in [4.69, 9.17) is 0 Å². The van der Waals surface area contributed by atoms with Gasteiger partial charge in [-0.2, -0.15) is 0 Å². The SMILES string of the molecule is CNC(=O)C[C@@]1(CCCc2ccccc2)N[C@H](CF)[C@@H](O)[C@@H]1O. The average molecular weight is 324 g/mol. The number of carbonyl (C=O) groups excluding carboxylic acids is 1. The molecule has 1 amide bonds. The van der Waals surface area contributed by atoms with Crippen molar-refractivity contribution in [1.82, 2.24) is 10.6 Å². The van der Waals surface area contributed by atoms with Crippen molar-refractivity contribution in [2.75, 3.05) is 13.7 Å². The molecule has 0 radical (unpaired) electrons. The van der Waals surface area contributed by atoms with Crippen LogP contribution < -0.4 is 10.6 Å². The lowest BCUT2D eigenvalue weighted by atomic mass is 9.83. The minimum absolute atomic E-state index is 0.00696. The predicted molar refractivity (Wildman–Crippen MR) is 85.7 cm³/mol. The number of halogens is 1. The van der Waals surface area contributed by atoms with Crippen LogP contribution in [0.3, 0.4) is 0 Å². The molecule has 6 heteroatoms. The molecule has 0 unspecified atom stereocenters. The summed E-state index contributed by atoms with van der Waals surface area (Å²) in [7, 11) is 1.52. The molecule has 0 aliphatic carbocycles. The van der Waals surface area contributed by atoms with Gasteiger partial charge in [0.1, 0.15) is 12.8 Å². The number of rotatable bonds is 7. The molecule has 2 rings (SSSR count). The lowest BCUT2D eigenvalue weighted by Crippen LogP contribution is -2.52. The molecule has 1 saturated heterocycles. The summed E-state index contributed by atoms with van der Waals surface area (Å²) in [6, 6.07) is 9.06. The van der Waals surface area contributed by atoms with Gasteiger partial charge in [-0.05, 0) is 24.8 Å². The van der Waals surface area contributed by atoms with E-state index in [0.717, 1.165) is 18.4 Å². The van der Waals surface area contributed by atoms with Crippen molar-refractivity contribution in [3.05, 3.63) is 35.9 Å². The van der Waals surface area contributed by atoms with Gasteiger partial charge in [-0.15, -0.1) is 0 Å². The Morgan fingerprint density at radius 2 is 2.04 bits per heavy atom. The predicted octanol–water partition coefficient (Wildman–Crippen LogP) is 0.547. The van der Waals surface area contributed by atoms with Gasteiger partial charge in [0.15, 0.2) is 0 Å². The maximum absolute atomic E-state index is 13.0. The van der Waals surface area contributed by atoms with Crippen LogP contribution in [0, 0.1) is 0 Å². The van der Waals surface area contributed by atoms with E-state index in [1.807, 2.05) is 30.3 Å². The van der Waals surface area contributed by atoms with Crippen molar-refractivity contribution >= 4 is 5.91 Å². The molecule has 0 spiro atoms. The Bertz CT molecular complexity index is 514. The number of aliphatic hydroxyl groups excluding tert-OH is 2. The van der Waals surface area contributed by atoms with Crippen molar-refractivity contribution in [1.29, 1.82) is 0 Å². The van der Waals surface area contributed by atoms with Gasteiger partial charge in [0.05, 0.1) is 17.7 Å². The van der Waals surface area contributed by atoms with E-state index in [1.54, 1.807) is 0 Å². The highest BCUT2D eigenvalue weighted by atomic mass is 19.1. The third-order valence-corrected chi connectivity index (χ3v) is 4.63. The standard InChI is InChI=1S/C17H25FN2O3/c1-19-14(21)10-17(16(23)15(22)13(11-18)20-17)9-5-8-12-6-3-2-4-7-12/h2-4,6-7,13,15-16,20,22-23H,5,8-11H2,1H3,(H,19,21)/t13-,15-,16+,17-/m1/s1. The summed E-state index contributed by atoms with van der Waals surface area (Å²) in [5.74, 6) is -0.247. The normalized spacial score (nSPS) is 30.3. The Morgan fingerprint density at radius 3 is 2.61 bits per heavy atom. The van der Waals surface area contributed by atoms with Gasteiger partial charge in [0, 0.05) is 13.5 Å². The highest BCUT2D eigenvalue weighted by Crippen LogP contribution is 2.33. The van der Waals surface area contributed by atoms with Crippen LogP contribution in [0.2, 0.25) is 0 Å². The molecular formula is C17H25FN2O3. The fourth-order valence-electron chi connectivity index (χ4n) is 3.31. The minimum atomic E-state index is -1.21. The maximum Gasteiger partial charge on any atom is 0.221 e. The first-order valence-electron chi connectivity index (χ1n) is 7.96. The van der Waals surface area contributed by atoms with Crippen molar-refractivity contribution in [3.63, 3.8) is 0 Å². The van der Waals surface area contributed by atoms with Crippen molar-refractivity contribution in [2.45, 2.75) is 49.5 Å². The van der Waals surface area contributed by atoms with E-state index in [-0.39, 0.29) is 12.3 Å². The molecule has 4 N–H and O–H groups in total. The third kappa shape index (κ3) is 4.07. The lowest BCUT2D eigenvalue weighted by molar-refractivity contribution is -0.123. The van der Waals surface area contributed by atoms with Gasteiger partial charge in [-0.1, -0.05) is 30.3 Å². The molecule has 1 fully saturated rings. The van der Waals surface area contributed by atoms with Crippen LogP contribution in [0.4, 0.5) is 4.39 Å². The first kappa shape index (κ1) is 17.8. The molecule has 0 saturated carbocycles. The Hall–Kier alpha value is -1.50. The molecular weight excluding hydrogens is 299 g/mol. The number of hydrogen-bond donors (Lipinski definition) is 4. The summed E-state index contributed by atoms with van der Waals surface area (Å²) in [6.45, 7) is -0.785. The molecule has 1 aliphatic rings. The topological polar surface area (TPSA) is 81.6 Å². The molecule has 1 heterocycles. The fourth-order valence-corrected chi connectivity index (χ4v) is 3.31. The molecule has 4 atom stereocenters. The van der Waals surface area contributed by atoms with Gasteiger partial charge in [0.2, 0.25) is 5.91 Å². The first-order valence-corrected chi connectivity index (χ1v) is 7.96. The Labute approximate surface area is 135 Å². The quantitative estimate of drug-likeness (QED) is 0.590. The van der Waals surface area contributed by atoms with Gasteiger partial charge < -0.3 is 20.8 Å². The maximum atomic E-state index is 13.0. The van der Waals surface area contributed by atoms with E-state index < -0.39 is 30.5 Å². The molecule has 0 bridgehead atoms. The van der Waals surface area contributed by atoms with Gasteiger partial charge in [-0.3, -0.25) is 4.79 Å². The summed E-state index contributed by atoms with van der Waals surface area (Å²) in [4.78, 5) is 11.8. The summed E-state index contributed by atoms with van der Waals surface area (Å²) in [5, 5.41) is 25.9. The van der Waals surface area contributed by atoms with Crippen LogP contribution in [-0.2, 0) is 11.2 Å². The van der Waals surface area contributed by atoms with E-state index in [2.05, 4.69) is 10.6 Å². The van der Waals surface area contributed by atoms with Crippen LogP contribution >= 0.6 is 0 Å². The zero-order valence-corrected chi connectivity index (χ0v) is 13.3. The van der Waals surface area contributed by atoms with Crippen LogP contribution in [0.5, 0.6) is 0 Å². The largest absolute Gasteiger partial charge is 0.389 e. The zero-order valence-electron chi connectivity index (χ0n) is 13.3. The summed E-state index contributed by atoms with van der Waals surface area (Å²) in [5.41, 5.74) is 0.170. The van der Waals surface area contributed by atoms with Gasteiger partial charge in [-0.25, -0.2) is 4.39 Å². The highest BCUT2D eigenvalue weighted by Gasteiger charge is 2.52. The number of hydrogen-bond acceptors (Lipinski definition) is 4. The number of nitrogens with one attached hydrogen (secondary N) is 2. The fraction of sp³-hybridized carbons (Fsp3) is 0.588. The van der Waals surface area contributed by atoms with Crippen LogP contribution in [-0.4, -0.2) is 53.6 Å². The smallest absolute Gasteiger partial charge is 0.221 e. The molecule has 0 aromatic heterocycles. The number of alkyl halides is 1. The highest BCUT2D eigenvalue weighted by molar-refractivity contribution is 5.77. The Balaban J connectivity index is 2.06. The third-order valence-electron chi connectivity index (χ3n) is 4.63. The zero-order chi connectivity index (χ0) is 16.9. The van der Waals surface area contributed by atoms with E-state index in [1.165, 1.54) is 7.05 Å². The molecule has 1 aromatic rings. The number of amides is 1. The van der Waals surface area contributed by atoms with Crippen LogP contribution in [0.25, 0.3) is 0 Å². The van der Waals surface area contributed by atoms with E-state index in [0.29, 0.717) is 6.42 Å². The molecule has 128 valence electrons. The number of benzene rings is 1. The average Bonchev–Trinajstić information content (AvgIpc) is 2.80. The second kappa shape index (κ2) is 7.86. The van der Waals surface area contributed by atoms with E-state index >= 15 is 0 Å². The Morgan fingerprint density at radius 1 is 1.35 bits per heavy atom. The molecule has 5 nitrogen and oxygen atoms in total. The molecule has 23 heavy (non-hydrogen) atoms. The van der Waals surface area contributed by atoms with Crippen molar-refractivity contribution in [2.24, 2.45) is 0 Å².